The van der Waals surface area contributed by atoms with Crippen molar-refractivity contribution in [3.05, 3.63) is 93.7 Å². The van der Waals surface area contributed by atoms with E-state index in [4.69, 9.17) is 11.6 Å². The lowest BCUT2D eigenvalue weighted by Crippen LogP contribution is -2.30. The average Bonchev–Trinajstić information content (AvgIpc) is 2.73. The highest BCUT2D eigenvalue weighted by molar-refractivity contribution is 6.31. The molecule has 0 radical (unpaired) electrons. The van der Waals surface area contributed by atoms with E-state index in [1.165, 1.54) is 5.56 Å². The van der Waals surface area contributed by atoms with Gasteiger partial charge in [-0.3, -0.25) is 4.79 Å². The Balaban J connectivity index is 1.88. The van der Waals surface area contributed by atoms with Gasteiger partial charge in [-0.25, -0.2) is 0 Å². The molecule has 5 rings (SSSR count). The molecule has 138 valence electrons. The van der Waals surface area contributed by atoms with Gasteiger partial charge in [0, 0.05) is 33.7 Å². The Morgan fingerprint density at radius 2 is 1.71 bits per heavy atom. The molecule has 0 saturated heterocycles. The maximum Gasteiger partial charge on any atom is 0.272 e. The van der Waals surface area contributed by atoms with Crippen LogP contribution in [0.4, 0.5) is 11.4 Å². The minimum absolute atomic E-state index is 0.0784. The van der Waals surface area contributed by atoms with Crippen LogP contribution in [0.25, 0.3) is 22.0 Å². The minimum Gasteiger partial charge on any atom is -0.336 e. The number of nitrogens with one attached hydrogen (secondary N) is 1. The number of aryl methyl sites for hydroxylation is 1. The fourth-order valence-corrected chi connectivity index (χ4v) is 4.35. The fraction of sp³-hybridized carbons (Fsp3) is 0.125. The predicted molar refractivity (Wildman–Crippen MR) is 117 cm³/mol. The van der Waals surface area contributed by atoms with Crippen LogP contribution in [0.3, 0.4) is 0 Å². The predicted octanol–water partition coefficient (Wildman–Crippen LogP) is 5.93. The van der Waals surface area contributed by atoms with Crippen molar-refractivity contribution in [3.8, 4) is 11.1 Å². The molecule has 1 aliphatic heterocycles. The molecule has 3 aromatic carbocycles. The smallest absolute Gasteiger partial charge is 0.272 e. The van der Waals surface area contributed by atoms with E-state index in [-0.39, 0.29) is 5.56 Å². The molecule has 0 saturated carbocycles. The summed E-state index contributed by atoms with van der Waals surface area (Å²) in [4.78, 5) is 18.5. The van der Waals surface area contributed by atoms with Gasteiger partial charge in [0.15, 0.2) is 0 Å². The number of halogens is 1. The van der Waals surface area contributed by atoms with Crippen LogP contribution in [0.2, 0.25) is 5.02 Å². The molecule has 0 aliphatic carbocycles. The monoisotopic (exact) mass is 386 g/mol. The topological polar surface area (TPSA) is 36.1 Å². The van der Waals surface area contributed by atoms with Crippen molar-refractivity contribution in [3.63, 3.8) is 0 Å². The molecule has 0 bridgehead atoms. The number of H-pyrrole nitrogens is 1. The first-order chi connectivity index (χ1) is 13.7. The molecular weight excluding hydrogens is 368 g/mol. The first kappa shape index (κ1) is 17.1. The summed E-state index contributed by atoms with van der Waals surface area (Å²) in [6.45, 7) is 0.812. The molecule has 1 aromatic heterocycles. The van der Waals surface area contributed by atoms with Crippen LogP contribution in [0.1, 0.15) is 12.0 Å². The second-order valence-electron chi connectivity index (χ2n) is 7.12. The van der Waals surface area contributed by atoms with Gasteiger partial charge < -0.3 is 9.88 Å². The Bertz CT molecular complexity index is 1230. The lowest BCUT2D eigenvalue weighted by molar-refractivity contribution is 0.765. The third kappa shape index (κ3) is 2.79. The van der Waals surface area contributed by atoms with Crippen molar-refractivity contribution in [2.24, 2.45) is 0 Å². The van der Waals surface area contributed by atoms with Crippen LogP contribution in [0, 0.1) is 0 Å². The van der Waals surface area contributed by atoms with Gasteiger partial charge in [-0.05, 0) is 48.2 Å². The Morgan fingerprint density at radius 3 is 2.57 bits per heavy atom. The number of benzene rings is 3. The molecule has 0 fully saturated rings. The van der Waals surface area contributed by atoms with Crippen LogP contribution < -0.4 is 10.5 Å². The zero-order chi connectivity index (χ0) is 19.1. The highest BCUT2D eigenvalue weighted by Crippen LogP contribution is 2.40. The number of fused-ring (bicyclic) bond motifs is 2. The number of anilines is 2. The molecule has 0 amide bonds. The lowest BCUT2D eigenvalue weighted by atomic mass is 9.96. The van der Waals surface area contributed by atoms with Gasteiger partial charge in [0.2, 0.25) is 0 Å². The summed E-state index contributed by atoms with van der Waals surface area (Å²) in [6.07, 6.45) is 2.04. The fourth-order valence-electron chi connectivity index (χ4n) is 4.18. The van der Waals surface area contributed by atoms with Crippen molar-refractivity contribution >= 4 is 33.9 Å². The van der Waals surface area contributed by atoms with Gasteiger partial charge in [-0.1, -0.05) is 60.1 Å². The Labute approximate surface area is 168 Å². The summed E-state index contributed by atoms with van der Waals surface area (Å²) in [6, 6.07) is 24.1. The first-order valence-electron chi connectivity index (χ1n) is 9.49. The number of hydrogen-bond acceptors (Lipinski definition) is 2. The van der Waals surface area contributed by atoms with Crippen LogP contribution in [0.15, 0.2) is 77.6 Å². The third-order valence-electron chi connectivity index (χ3n) is 5.39. The standard InChI is InChI=1S/C24H19ClN2O/c25-18-12-13-20-19(15-18)22(17-8-2-1-3-9-17)23(24(28)26-20)27-14-6-10-16-7-4-5-11-21(16)27/h1-5,7-9,11-13,15H,6,10,14H2,(H,26,28). The second kappa shape index (κ2) is 6.84. The Kier molecular flexibility index (Phi) is 4.18. The second-order valence-corrected chi connectivity index (χ2v) is 7.55. The van der Waals surface area contributed by atoms with Gasteiger partial charge >= 0.3 is 0 Å². The van der Waals surface area contributed by atoms with E-state index in [9.17, 15) is 4.79 Å². The average molecular weight is 387 g/mol. The van der Waals surface area contributed by atoms with E-state index in [1.807, 2.05) is 42.5 Å². The largest absolute Gasteiger partial charge is 0.336 e. The van der Waals surface area contributed by atoms with Crippen molar-refractivity contribution in [1.82, 2.24) is 4.98 Å². The van der Waals surface area contributed by atoms with Gasteiger partial charge in [-0.15, -0.1) is 0 Å². The molecule has 2 heterocycles. The summed E-state index contributed by atoms with van der Waals surface area (Å²) in [7, 11) is 0. The first-order valence-corrected chi connectivity index (χ1v) is 9.86. The van der Waals surface area contributed by atoms with E-state index in [0.717, 1.165) is 47.1 Å². The lowest BCUT2D eigenvalue weighted by Gasteiger charge is -2.32. The maximum absolute atomic E-state index is 13.3. The van der Waals surface area contributed by atoms with Crippen LogP contribution in [-0.2, 0) is 6.42 Å². The van der Waals surface area contributed by atoms with Crippen LogP contribution >= 0.6 is 11.6 Å². The number of rotatable bonds is 2. The van der Waals surface area contributed by atoms with Crippen LogP contribution in [-0.4, -0.2) is 11.5 Å². The molecule has 0 atom stereocenters. The van der Waals surface area contributed by atoms with Crippen molar-refractivity contribution < 1.29 is 0 Å². The molecule has 28 heavy (non-hydrogen) atoms. The van der Waals surface area contributed by atoms with Gasteiger partial charge in [0.05, 0.1) is 0 Å². The van der Waals surface area contributed by atoms with E-state index < -0.39 is 0 Å². The van der Waals surface area contributed by atoms with Crippen molar-refractivity contribution in [1.29, 1.82) is 0 Å². The zero-order valence-electron chi connectivity index (χ0n) is 15.3. The summed E-state index contributed by atoms with van der Waals surface area (Å²) in [5, 5.41) is 1.61. The van der Waals surface area contributed by atoms with E-state index in [2.05, 4.69) is 40.2 Å². The molecular formula is C24H19ClN2O. The summed E-state index contributed by atoms with van der Waals surface area (Å²) in [5.74, 6) is 0. The number of hydrogen-bond donors (Lipinski definition) is 1. The highest BCUT2D eigenvalue weighted by atomic mass is 35.5. The van der Waals surface area contributed by atoms with E-state index in [0.29, 0.717) is 10.7 Å². The number of nitrogens with zero attached hydrogens (tertiary/aromatic N) is 1. The third-order valence-corrected chi connectivity index (χ3v) is 5.63. The van der Waals surface area contributed by atoms with Gasteiger partial charge in [0.1, 0.15) is 5.69 Å². The minimum atomic E-state index is -0.0784. The molecule has 0 unspecified atom stereocenters. The van der Waals surface area contributed by atoms with Crippen molar-refractivity contribution in [2.45, 2.75) is 12.8 Å². The number of aromatic amines is 1. The number of pyridine rings is 1. The normalized spacial score (nSPS) is 13.5. The highest BCUT2D eigenvalue weighted by Gasteiger charge is 2.25. The SMILES string of the molecule is O=c1[nH]c2ccc(Cl)cc2c(-c2ccccc2)c1N1CCCc2ccccc21. The van der Waals surface area contributed by atoms with Crippen molar-refractivity contribution in [2.75, 3.05) is 11.4 Å². The van der Waals surface area contributed by atoms with Gasteiger partial charge in [-0.2, -0.15) is 0 Å². The summed E-state index contributed by atoms with van der Waals surface area (Å²) < 4.78 is 0. The summed E-state index contributed by atoms with van der Waals surface area (Å²) >= 11 is 6.33. The zero-order valence-corrected chi connectivity index (χ0v) is 16.0. The molecule has 4 heteroatoms. The molecule has 1 N–H and O–H groups in total. The van der Waals surface area contributed by atoms with E-state index in [1.54, 1.807) is 0 Å². The van der Waals surface area contributed by atoms with E-state index >= 15 is 0 Å². The Hall–Kier alpha value is -3.04. The molecule has 4 aromatic rings. The number of aromatic nitrogens is 1. The quantitative estimate of drug-likeness (QED) is 0.463. The summed E-state index contributed by atoms with van der Waals surface area (Å²) in [5.41, 5.74) is 5.73. The Morgan fingerprint density at radius 1 is 0.929 bits per heavy atom. The van der Waals surface area contributed by atoms with Gasteiger partial charge in [0.25, 0.3) is 5.56 Å². The molecule has 1 aliphatic rings. The molecule has 0 spiro atoms. The molecule has 3 nitrogen and oxygen atoms in total. The maximum atomic E-state index is 13.3. The number of para-hydroxylation sites is 1. The van der Waals surface area contributed by atoms with Crippen LogP contribution in [0.5, 0.6) is 0 Å².